The Morgan fingerprint density at radius 1 is 1.04 bits per heavy atom. The Hall–Kier alpha value is -2.12. The average Bonchev–Trinajstić information content (AvgIpc) is 3.27. The molecule has 2 saturated heterocycles. The molecule has 0 unspecified atom stereocenters. The van der Waals surface area contributed by atoms with Gasteiger partial charge in [0, 0.05) is 52.9 Å². The number of benzene rings is 1. The summed E-state index contributed by atoms with van der Waals surface area (Å²) in [5.41, 5.74) is 1.19. The summed E-state index contributed by atoms with van der Waals surface area (Å²) in [6, 6.07) is 10.2. The van der Waals surface area contributed by atoms with E-state index in [0.29, 0.717) is 19.8 Å². The molecule has 1 amide bonds. The number of nitrogens with zero attached hydrogens (tertiary/aromatic N) is 4. The lowest BCUT2D eigenvalue weighted by atomic mass is 10.2. The van der Waals surface area contributed by atoms with Crippen molar-refractivity contribution in [3.8, 4) is 0 Å². The van der Waals surface area contributed by atoms with Crippen molar-refractivity contribution in [1.29, 1.82) is 0 Å². The lowest BCUT2D eigenvalue weighted by molar-refractivity contribution is -0.131. The number of amides is 1. The summed E-state index contributed by atoms with van der Waals surface area (Å²) in [6.45, 7) is 7.97. The van der Waals surface area contributed by atoms with E-state index in [-0.39, 0.29) is 5.91 Å². The van der Waals surface area contributed by atoms with E-state index >= 15 is 0 Å². The summed E-state index contributed by atoms with van der Waals surface area (Å²) in [6.07, 6.45) is 2.30. The van der Waals surface area contributed by atoms with Crippen molar-refractivity contribution in [2.75, 3.05) is 66.0 Å². The Bertz CT molecular complexity index is 623. The Balaban J connectivity index is 1.31. The van der Waals surface area contributed by atoms with Gasteiger partial charge in [0.05, 0.1) is 19.8 Å². The van der Waals surface area contributed by atoms with Gasteiger partial charge in [-0.05, 0) is 18.4 Å². The number of nitrogens with one attached hydrogen (secondary N) is 1. The zero-order valence-electron chi connectivity index (χ0n) is 17.0. The minimum Gasteiger partial charge on any atom is -0.375 e. The Kier molecular flexibility index (Phi) is 8.11. The number of ether oxygens (including phenoxy) is 1. The van der Waals surface area contributed by atoms with Gasteiger partial charge in [0.15, 0.2) is 5.96 Å². The molecule has 0 aromatic heterocycles. The normalized spacial score (nSPS) is 18.5. The summed E-state index contributed by atoms with van der Waals surface area (Å²) in [4.78, 5) is 23.2. The molecule has 0 spiro atoms. The SMILES string of the molecule is CN=C(NCCOCc1ccccc1)N1CCN(CC(=O)N2CCCC2)CC1. The van der Waals surface area contributed by atoms with Crippen LogP contribution in [-0.4, -0.2) is 92.6 Å². The molecule has 0 atom stereocenters. The fourth-order valence-corrected chi connectivity index (χ4v) is 3.71. The highest BCUT2D eigenvalue weighted by Gasteiger charge is 2.24. The van der Waals surface area contributed by atoms with Gasteiger partial charge in [-0.1, -0.05) is 30.3 Å². The van der Waals surface area contributed by atoms with Gasteiger partial charge < -0.3 is 19.9 Å². The topological polar surface area (TPSA) is 60.4 Å². The zero-order valence-corrected chi connectivity index (χ0v) is 17.0. The first-order chi connectivity index (χ1) is 13.8. The summed E-state index contributed by atoms with van der Waals surface area (Å²) in [5.74, 6) is 1.19. The molecular formula is C21H33N5O2. The molecule has 1 aromatic carbocycles. The Labute approximate surface area is 168 Å². The van der Waals surface area contributed by atoms with Gasteiger partial charge in [-0.15, -0.1) is 0 Å². The van der Waals surface area contributed by atoms with E-state index in [2.05, 4.69) is 32.2 Å². The van der Waals surface area contributed by atoms with E-state index in [1.165, 1.54) is 5.56 Å². The molecular weight excluding hydrogens is 354 g/mol. The molecule has 2 aliphatic rings. The molecule has 1 aromatic rings. The molecule has 2 heterocycles. The summed E-state index contributed by atoms with van der Waals surface area (Å²) in [7, 11) is 1.82. The highest BCUT2D eigenvalue weighted by Crippen LogP contribution is 2.09. The van der Waals surface area contributed by atoms with Crippen LogP contribution in [0.3, 0.4) is 0 Å². The van der Waals surface area contributed by atoms with Crippen LogP contribution in [0.5, 0.6) is 0 Å². The van der Waals surface area contributed by atoms with Crippen molar-refractivity contribution in [1.82, 2.24) is 20.0 Å². The predicted molar refractivity (Wildman–Crippen MR) is 111 cm³/mol. The van der Waals surface area contributed by atoms with Gasteiger partial charge in [-0.2, -0.15) is 0 Å². The number of hydrogen-bond acceptors (Lipinski definition) is 4. The van der Waals surface area contributed by atoms with Crippen molar-refractivity contribution in [3.05, 3.63) is 35.9 Å². The molecule has 1 N–H and O–H groups in total. The maximum absolute atomic E-state index is 12.3. The Morgan fingerprint density at radius 3 is 2.43 bits per heavy atom. The average molecular weight is 388 g/mol. The van der Waals surface area contributed by atoms with Gasteiger partial charge in [0.2, 0.25) is 5.91 Å². The zero-order chi connectivity index (χ0) is 19.6. The molecule has 0 radical (unpaired) electrons. The molecule has 2 fully saturated rings. The van der Waals surface area contributed by atoms with Crippen LogP contribution in [-0.2, 0) is 16.1 Å². The summed E-state index contributed by atoms with van der Waals surface area (Å²) < 4.78 is 5.73. The van der Waals surface area contributed by atoms with Gasteiger partial charge in [-0.3, -0.25) is 14.7 Å². The highest BCUT2D eigenvalue weighted by molar-refractivity contribution is 5.80. The van der Waals surface area contributed by atoms with E-state index in [1.807, 2.05) is 30.1 Å². The van der Waals surface area contributed by atoms with E-state index in [0.717, 1.165) is 64.6 Å². The van der Waals surface area contributed by atoms with Crippen LogP contribution < -0.4 is 5.32 Å². The van der Waals surface area contributed by atoms with Crippen LogP contribution >= 0.6 is 0 Å². The van der Waals surface area contributed by atoms with Crippen molar-refractivity contribution >= 4 is 11.9 Å². The largest absolute Gasteiger partial charge is 0.375 e. The van der Waals surface area contributed by atoms with E-state index in [1.54, 1.807) is 0 Å². The van der Waals surface area contributed by atoms with Crippen molar-refractivity contribution in [2.24, 2.45) is 4.99 Å². The number of aliphatic imine (C=N–C) groups is 1. The lowest BCUT2D eigenvalue weighted by Gasteiger charge is -2.36. The quantitative estimate of drug-likeness (QED) is 0.430. The number of hydrogen-bond donors (Lipinski definition) is 1. The number of carbonyl (C=O) groups is 1. The molecule has 3 rings (SSSR count). The number of carbonyl (C=O) groups excluding carboxylic acids is 1. The summed E-state index contributed by atoms with van der Waals surface area (Å²) in [5, 5.41) is 3.38. The third kappa shape index (κ3) is 6.21. The molecule has 28 heavy (non-hydrogen) atoms. The standard InChI is InChI=1S/C21H33N5O2/c1-22-21(23-9-16-28-18-19-7-3-2-4-8-19)26-14-12-24(13-15-26)17-20(27)25-10-5-6-11-25/h2-4,7-8H,5-6,9-18H2,1H3,(H,22,23). The fraction of sp³-hybridized carbons (Fsp3) is 0.619. The van der Waals surface area contributed by atoms with Crippen molar-refractivity contribution in [2.45, 2.75) is 19.4 Å². The molecule has 0 bridgehead atoms. The van der Waals surface area contributed by atoms with E-state index < -0.39 is 0 Å². The molecule has 2 aliphatic heterocycles. The minimum atomic E-state index is 0.282. The van der Waals surface area contributed by atoms with Crippen LogP contribution in [0, 0.1) is 0 Å². The third-order valence-electron chi connectivity index (χ3n) is 5.34. The maximum atomic E-state index is 12.3. The second-order valence-corrected chi connectivity index (χ2v) is 7.36. The molecule has 0 aliphatic carbocycles. The highest BCUT2D eigenvalue weighted by atomic mass is 16.5. The van der Waals surface area contributed by atoms with Gasteiger partial charge in [0.25, 0.3) is 0 Å². The van der Waals surface area contributed by atoms with Crippen molar-refractivity contribution < 1.29 is 9.53 Å². The number of piperazine rings is 1. The fourth-order valence-electron chi connectivity index (χ4n) is 3.71. The second kappa shape index (κ2) is 11.0. The van der Waals surface area contributed by atoms with Crippen LogP contribution in [0.1, 0.15) is 18.4 Å². The van der Waals surface area contributed by atoms with E-state index in [9.17, 15) is 4.79 Å². The third-order valence-corrected chi connectivity index (χ3v) is 5.34. The first-order valence-corrected chi connectivity index (χ1v) is 10.3. The molecule has 154 valence electrons. The minimum absolute atomic E-state index is 0.282. The van der Waals surface area contributed by atoms with Crippen LogP contribution in [0.25, 0.3) is 0 Å². The van der Waals surface area contributed by atoms with Crippen molar-refractivity contribution in [3.63, 3.8) is 0 Å². The Morgan fingerprint density at radius 2 is 1.75 bits per heavy atom. The molecule has 0 saturated carbocycles. The predicted octanol–water partition coefficient (Wildman–Crippen LogP) is 1.02. The number of guanidine groups is 1. The smallest absolute Gasteiger partial charge is 0.236 e. The van der Waals surface area contributed by atoms with E-state index in [4.69, 9.17) is 4.74 Å². The van der Waals surface area contributed by atoms with Crippen LogP contribution in [0.4, 0.5) is 0 Å². The molecule has 7 heteroatoms. The van der Waals surface area contributed by atoms with Gasteiger partial charge in [-0.25, -0.2) is 0 Å². The molecule has 7 nitrogen and oxygen atoms in total. The maximum Gasteiger partial charge on any atom is 0.236 e. The van der Waals surface area contributed by atoms with Gasteiger partial charge in [0.1, 0.15) is 0 Å². The first kappa shape index (κ1) is 20.6. The second-order valence-electron chi connectivity index (χ2n) is 7.36. The van der Waals surface area contributed by atoms with Crippen LogP contribution in [0.15, 0.2) is 35.3 Å². The summed E-state index contributed by atoms with van der Waals surface area (Å²) >= 11 is 0. The number of rotatable bonds is 7. The monoisotopic (exact) mass is 387 g/mol. The number of likely N-dealkylation sites (tertiary alicyclic amines) is 1. The first-order valence-electron chi connectivity index (χ1n) is 10.3. The lowest BCUT2D eigenvalue weighted by Crippen LogP contribution is -2.54. The van der Waals surface area contributed by atoms with Crippen LogP contribution in [0.2, 0.25) is 0 Å². The van der Waals surface area contributed by atoms with Gasteiger partial charge >= 0.3 is 0 Å².